The Kier molecular flexibility index (Phi) is 278. The monoisotopic (exact) mass is 752 g/mol. The zero-order valence-electron chi connectivity index (χ0n) is 18.3. The second-order valence-corrected chi connectivity index (χ2v) is 1.83. The van der Waals surface area contributed by atoms with Crippen molar-refractivity contribution in [3.63, 3.8) is 0 Å². The molecule has 0 aliphatic heterocycles. The van der Waals surface area contributed by atoms with Crippen LogP contribution < -0.4 is 0 Å². The zero-order chi connectivity index (χ0) is 37.7. The Bertz CT molecular complexity index is 465. The van der Waals surface area contributed by atoms with E-state index in [1.807, 2.05) is 0 Å². The van der Waals surface area contributed by atoms with Crippen LogP contribution in [-0.2, 0) is 21.1 Å². The molecule has 0 amide bonds. The van der Waals surface area contributed by atoms with Crippen LogP contribution in [-0.4, -0.2) is 61.8 Å². The molecule has 0 saturated carbocycles. The summed E-state index contributed by atoms with van der Waals surface area (Å²) in [4.78, 5) is 98.2. The molecule has 0 aromatic rings. The van der Waals surface area contributed by atoms with Crippen LogP contribution in [0.2, 0.25) is 0 Å². The quantitative estimate of drug-likeness (QED) is 0.0780. The summed E-state index contributed by atoms with van der Waals surface area (Å²) in [6.45, 7) is 0. The van der Waals surface area contributed by atoms with Gasteiger partial charge in [0.2, 0.25) is 0 Å². The normalized spacial score (nSPS) is 5.02. The van der Waals surface area contributed by atoms with Crippen LogP contribution in [0, 0.1) is 121 Å². The smallest absolute Gasteiger partial charge is 0.152 e. The first-order chi connectivity index (χ1) is 18.9. The maximum atomic E-state index is 8.25. The van der Waals surface area contributed by atoms with Crippen molar-refractivity contribution in [1.29, 1.82) is 0 Å². The Hall–Kier alpha value is -7.71. The summed E-state index contributed by atoms with van der Waals surface area (Å²) in [5.74, 6) is 0. The maximum Gasteiger partial charge on any atom is 0.152 e. The molecule has 0 bridgehead atoms. The van der Waals surface area contributed by atoms with Crippen molar-refractivity contribution in [3.8, 4) is 0 Å². The maximum absolute atomic E-state index is 8.25. The summed E-state index contributed by atoms with van der Waals surface area (Å²) < 4.78 is 0. The first-order valence-electron chi connectivity index (χ1n) is 5.58. The van der Waals surface area contributed by atoms with E-state index < -0.39 is 30.5 Å². The van der Waals surface area contributed by atoms with Crippen LogP contribution in [0.4, 0.5) is 0 Å². The van der Waals surface area contributed by atoms with Gasteiger partial charge in [-0.05, 0) is 0 Å². The molecule has 0 atom stereocenters. The van der Waals surface area contributed by atoms with Gasteiger partial charge in [0.1, 0.15) is 0 Å². The van der Waals surface area contributed by atoms with E-state index in [0.717, 1.165) is 0 Å². The van der Waals surface area contributed by atoms with E-state index in [0.29, 0.717) is 0 Å². The Balaban J connectivity index is -0.0000000208. The molecule has 43 heavy (non-hydrogen) atoms. The Morgan fingerprint density at radius 1 is 0.279 bits per heavy atom. The average molecular weight is 750 g/mol. The Morgan fingerprint density at radius 2 is 0.279 bits per heavy atom. The summed E-state index contributed by atoms with van der Waals surface area (Å²) in [5, 5.41) is 136. The first kappa shape index (κ1) is 83.5. The Labute approximate surface area is 237 Å². The second kappa shape index (κ2) is 143. The fraction of sp³-hybridized carbons (Fsp3) is 0. The second-order valence-electron chi connectivity index (χ2n) is 1.83. The van der Waals surface area contributed by atoms with Crippen LogP contribution in [0.25, 0.3) is 0 Å². The third-order valence-corrected chi connectivity index (χ3v) is 0. The molecule has 0 aromatic carbocycles. The van der Waals surface area contributed by atoms with Gasteiger partial charge >= 0.3 is 0 Å². The van der Waals surface area contributed by atoms with E-state index in [2.05, 4.69) is 0 Å². The molecule has 42 nitrogen and oxygen atoms in total. The molecular formula is H6MoN12O30-6. The van der Waals surface area contributed by atoms with Crippen LogP contribution in [0.1, 0.15) is 0 Å². The van der Waals surface area contributed by atoms with Crippen LogP contribution in [0.5, 0.6) is 0 Å². The molecule has 43 heteroatoms. The van der Waals surface area contributed by atoms with Crippen LogP contribution in [0.15, 0.2) is 32.0 Å². The third kappa shape index (κ3) is 601. The molecule has 0 fully saturated rings. The van der Waals surface area contributed by atoms with Gasteiger partial charge in [0.05, 0.1) is 30.5 Å². The standard InChI is InChI=1S/Mo.6NO3.6HNO2/c;6*2-1(3)4;6*2-1-3/h;;;;;;;6*(H,2,3)/q;6*-1;;;;;;. The molecule has 0 aromatic heterocycles. The average Bonchev–Trinajstić information content (AvgIpc) is 2.68. The van der Waals surface area contributed by atoms with Crippen molar-refractivity contribution in [2.24, 2.45) is 32.0 Å². The van der Waals surface area contributed by atoms with Gasteiger partial charge in [0.15, 0.2) is 32.0 Å². The van der Waals surface area contributed by atoms with Gasteiger partial charge in [-0.3, -0.25) is 0 Å². The Morgan fingerprint density at radius 3 is 0.279 bits per heavy atom. The largest absolute Gasteiger partial charge is 0.379 e. The van der Waals surface area contributed by atoms with E-state index in [-0.39, 0.29) is 21.1 Å². The minimum atomic E-state index is -1.75. The van der Waals surface area contributed by atoms with Crippen molar-refractivity contribution in [2.45, 2.75) is 0 Å². The van der Waals surface area contributed by atoms with E-state index in [9.17, 15) is 0 Å². The van der Waals surface area contributed by atoms with Crippen molar-refractivity contribution in [1.82, 2.24) is 0 Å². The molecule has 258 valence electrons. The molecule has 0 radical (unpaired) electrons. The zero-order valence-corrected chi connectivity index (χ0v) is 20.3. The fourth-order valence-corrected chi connectivity index (χ4v) is 0. The van der Waals surface area contributed by atoms with Crippen molar-refractivity contribution >= 4 is 0 Å². The summed E-state index contributed by atoms with van der Waals surface area (Å²) >= 11 is 0. The molecule has 0 rings (SSSR count). The van der Waals surface area contributed by atoms with Gasteiger partial charge < -0.3 is 123 Å². The molecule has 0 saturated heterocycles. The SMILES string of the molecule is O=NO.O=NO.O=NO.O=NO.O=NO.O=NO.O=[N+]([O-])[O-].O=[N+]([O-])[O-].O=[N+]([O-])[O-].O=[N+]([O-])[O-].O=[N+]([O-])[O-].O=[N+]([O-])[O-].[Mo]. The van der Waals surface area contributed by atoms with Gasteiger partial charge in [0, 0.05) is 21.1 Å². The molecule has 0 aliphatic rings. The van der Waals surface area contributed by atoms with Gasteiger partial charge in [-0.15, -0.1) is 29.4 Å². The van der Waals surface area contributed by atoms with E-state index in [4.69, 9.17) is 153 Å². The third-order valence-electron chi connectivity index (χ3n) is 0. The topological polar surface area (TPSA) is 695 Å². The fourth-order valence-electron chi connectivity index (χ4n) is 0. The molecule has 0 spiro atoms. The summed E-state index contributed by atoms with van der Waals surface area (Å²) in [5.41, 5.74) is 0. The molecular weight excluding hydrogens is 744 g/mol. The van der Waals surface area contributed by atoms with Gasteiger partial charge in [0.25, 0.3) is 0 Å². The van der Waals surface area contributed by atoms with E-state index in [1.54, 1.807) is 0 Å². The van der Waals surface area contributed by atoms with E-state index >= 15 is 0 Å². The van der Waals surface area contributed by atoms with Crippen molar-refractivity contribution in [2.75, 3.05) is 0 Å². The summed E-state index contributed by atoms with van der Waals surface area (Å²) in [6.07, 6.45) is 0. The first-order valence-corrected chi connectivity index (χ1v) is 5.58. The predicted octanol–water partition coefficient (Wildman–Crippen LogP) is -0.585. The summed E-state index contributed by atoms with van der Waals surface area (Å²) in [6, 6.07) is 0. The molecule has 0 aliphatic carbocycles. The summed E-state index contributed by atoms with van der Waals surface area (Å²) in [7, 11) is 0. The molecule has 0 heterocycles. The predicted molar refractivity (Wildman–Crippen MR) is 108 cm³/mol. The minimum absolute atomic E-state index is 0. The van der Waals surface area contributed by atoms with Gasteiger partial charge in [-0.25, -0.2) is 0 Å². The molecule has 0 unspecified atom stereocenters. The van der Waals surface area contributed by atoms with E-state index in [1.165, 1.54) is 32.0 Å². The van der Waals surface area contributed by atoms with Gasteiger partial charge in [-0.1, -0.05) is 0 Å². The number of nitrogens with zero attached hydrogens (tertiary/aromatic N) is 12. The van der Waals surface area contributed by atoms with Crippen molar-refractivity contribution in [3.05, 3.63) is 121 Å². The number of hydrogen-bond acceptors (Lipinski definition) is 30. The number of rotatable bonds is 0. The number of hydrogen-bond donors (Lipinski definition) is 6. The van der Waals surface area contributed by atoms with Crippen LogP contribution >= 0.6 is 0 Å². The van der Waals surface area contributed by atoms with Crippen LogP contribution in [0.3, 0.4) is 0 Å². The molecule has 6 N–H and O–H groups in total. The minimum Gasteiger partial charge on any atom is -0.379 e. The van der Waals surface area contributed by atoms with Crippen molar-refractivity contribution < 1.29 is 82.8 Å². The van der Waals surface area contributed by atoms with Gasteiger partial charge in [-0.2, -0.15) is 0 Å².